The fourth-order valence-corrected chi connectivity index (χ4v) is 3.51. The molecule has 2 aliphatic heterocycles. The zero-order chi connectivity index (χ0) is 13.8. The molecule has 2 saturated heterocycles. The van der Waals surface area contributed by atoms with Gasteiger partial charge in [-0.15, -0.1) is 0 Å². The fraction of sp³-hybridized carbons (Fsp3) is 0.647. The van der Waals surface area contributed by atoms with E-state index in [1.54, 1.807) is 0 Å². The summed E-state index contributed by atoms with van der Waals surface area (Å²) in [5.74, 6) is 0. The first-order chi connectivity index (χ1) is 9.78. The van der Waals surface area contributed by atoms with Crippen molar-refractivity contribution in [2.75, 3.05) is 32.8 Å². The summed E-state index contributed by atoms with van der Waals surface area (Å²) in [4.78, 5) is 2.64. The van der Waals surface area contributed by atoms with E-state index < -0.39 is 0 Å². The molecule has 110 valence electrons. The second kappa shape index (κ2) is 6.25. The summed E-state index contributed by atoms with van der Waals surface area (Å²) < 4.78 is 5.69. The Morgan fingerprint density at radius 1 is 1.25 bits per heavy atom. The number of nitrogens with one attached hydrogen (secondary N) is 1. The molecule has 3 heteroatoms. The highest BCUT2D eigenvalue weighted by Crippen LogP contribution is 2.26. The summed E-state index contributed by atoms with van der Waals surface area (Å²) in [7, 11) is 0. The molecular formula is C17H26N2O. The van der Waals surface area contributed by atoms with Crippen LogP contribution in [0.5, 0.6) is 0 Å². The topological polar surface area (TPSA) is 24.5 Å². The summed E-state index contributed by atoms with van der Waals surface area (Å²) in [5, 5.41) is 3.76. The molecule has 3 nitrogen and oxygen atoms in total. The second-order valence-electron chi connectivity index (χ2n) is 6.32. The molecule has 20 heavy (non-hydrogen) atoms. The van der Waals surface area contributed by atoms with Gasteiger partial charge in [0.2, 0.25) is 0 Å². The van der Waals surface area contributed by atoms with E-state index in [0.29, 0.717) is 6.04 Å². The van der Waals surface area contributed by atoms with Crippen molar-refractivity contribution in [1.29, 1.82) is 0 Å². The molecule has 3 rings (SSSR count). The third kappa shape index (κ3) is 3.05. The third-order valence-electron chi connectivity index (χ3n) is 4.72. The Morgan fingerprint density at radius 2 is 2.10 bits per heavy atom. The van der Waals surface area contributed by atoms with Crippen molar-refractivity contribution in [3.05, 3.63) is 35.9 Å². The van der Waals surface area contributed by atoms with Crippen LogP contribution in [-0.2, 0) is 10.3 Å². The minimum Gasteiger partial charge on any atom is -0.380 e. The van der Waals surface area contributed by atoms with Gasteiger partial charge in [-0.25, -0.2) is 0 Å². The summed E-state index contributed by atoms with van der Waals surface area (Å²) in [6.07, 6.45) is 3.71. The van der Waals surface area contributed by atoms with Crippen LogP contribution < -0.4 is 5.32 Å². The molecule has 0 radical (unpaired) electrons. The monoisotopic (exact) mass is 274 g/mol. The van der Waals surface area contributed by atoms with E-state index in [0.717, 1.165) is 26.3 Å². The van der Waals surface area contributed by atoms with E-state index in [9.17, 15) is 0 Å². The molecule has 2 heterocycles. The maximum absolute atomic E-state index is 5.69. The highest BCUT2D eigenvalue weighted by Gasteiger charge is 2.33. The fourth-order valence-electron chi connectivity index (χ4n) is 3.51. The van der Waals surface area contributed by atoms with Crippen LogP contribution in [-0.4, -0.2) is 43.8 Å². The third-order valence-corrected chi connectivity index (χ3v) is 4.72. The number of rotatable bonds is 2. The van der Waals surface area contributed by atoms with Crippen LogP contribution >= 0.6 is 0 Å². The van der Waals surface area contributed by atoms with Crippen molar-refractivity contribution in [3.8, 4) is 0 Å². The maximum Gasteiger partial charge on any atom is 0.0621 e. The van der Waals surface area contributed by atoms with E-state index in [4.69, 9.17) is 4.74 Å². The Balaban J connectivity index is 1.77. The molecule has 0 saturated carbocycles. The van der Waals surface area contributed by atoms with Crippen LogP contribution in [0.25, 0.3) is 0 Å². The number of benzene rings is 1. The Hall–Kier alpha value is -0.900. The number of hydrogen-bond acceptors (Lipinski definition) is 3. The lowest BCUT2D eigenvalue weighted by Crippen LogP contribution is -2.50. The number of nitrogens with zero attached hydrogens (tertiary/aromatic N) is 1. The van der Waals surface area contributed by atoms with Crippen molar-refractivity contribution in [2.24, 2.45) is 0 Å². The second-order valence-corrected chi connectivity index (χ2v) is 6.32. The van der Waals surface area contributed by atoms with Gasteiger partial charge in [0.15, 0.2) is 0 Å². The lowest BCUT2D eigenvalue weighted by atomic mass is 9.91. The van der Waals surface area contributed by atoms with Crippen LogP contribution in [0.1, 0.15) is 31.7 Å². The predicted molar refractivity (Wildman–Crippen MR) is 81.8 cm³/mol. The Morgan fingerprint density at radius 3 is 2.85 bits per heavy atom. The molecule has 2 atom stereocenters. The van der Waals surface area contributed by atoms with Crippen molar-refractivity contribution in [1.82, 2.24) is 10.2 Å². The molecule has 2 aliphatic rings. The van der Waals surface area contributed by atoms with Gasteiger partial charge in [0.05, 0.1) is 12.1 Å². The molecule has 1 N–H and O–H groups in total. The molecule has 1 aromatic carbocycles. The molecule has 2 fully saturated rings. The van der Waals surface area contributed by atoms with Gasteiger partial charge >= 0.3 is 0 Å². The van der Waals surface area contributed by atoms with E-state index in [1.807, 2.05) is 0 Å². The lowest BCUT2D eigenvalue weighted by Gasteiger charge is -2.39. The van der Waals surface area contributed by atoms with Crippen LogP contribution in [0.15, 0.2) is 30.3 Å². The van der Waals surface area contributed by atoms with Crippen molar-refractivity contribution < 1.29 is 4.74 Å². The summed E-state index contributed by atoms with van der Waals surface area (Å²) >= 11 is 0. The van der Waals surface area contributed by atoms with E-state index in [2.05, 4.69) is 47.5 Å². The van der Waals surface area contributed by atoms with Crippen molar-refractivity contribution >= 4 is 0 Å². The van der Waals surface area contributed by atoms with Gasteiger partial charge in [-0.1, -0.05) is 30.3 Å². The highest BCUT2D eigenvalue weighted by atomic mass is 16.5. The van der Waals surface area contributed by atoms with Gasteiger partial charge in [0.25, 0.3) is 0 Å². The minimum absolute atomic E-state index is 0.0508. The zero-order valence-electron chi connectivity index (χ0n) is 12.5. The molecule has 2 unspecified atom stereocenters. The molecule has 0 aliphatic carbocycles. The standard InChI is InChI=1S/C17H26N2O/c1-17(15-7-3-2-4-8-15)14-19(11-6-10-18-17)16-9-5-12-20-13-16/h2-4,7-8,16,18H,5-6,9-14H2,1H3. The molecule has 0 amide bonds. The summed E-state index contributed by atoms with van der Waals surface area (Å²) in [6.45, 7) is 7.54. The van der Waals surface area contributed by atoms with Gasteiger partial charge in [-0.2, -0.15) is 0 Å². The molecule has 0 aromatic heterocycles. The maximum atomic E-state index is 5.69. The van der Waals surface area contributed by atoms with E-state index >= 15 is 0 Å². The summed E-state index contributed by atoms with van der Waals surface area (Å²) in [5.41, 5.74) is 1.44. The van der Waals surface area contributed by atoms with Crippen LogP contribution in [0.2, 0.25) is 0 Å². The quantitative estimate of drug-likeness (QED) is 0.896. The largest absolute Gasteiger partial charge is 0.380 e. The van der Waals surface area contributed by atoms with E-state index in [1.165, 1.54) is 31.4 Å². The molecule has 0 spiro atoms. The normalized spacial score (nSPS) is 32.8. The van der Waals surface area contributed by atoms with Gasteiger partial charge < -0.3 is 10.1 Å². The van der Waals surface area contributed by atoms with Crippen LogP contribution in [0.3, 0.4) is 0 Å². The van der Waals surface area contributed by atoms with Crippen LogP contribution in [0.4, 0.5) is 0 Å². The van der Waals surface area contributed by atoms with Gasteiger partial charge in [-0.05, 0) is 44.8 Å². The van der Waals surface area contributed by atoms with Gasteiger partial charge in [0.1, 0.15) is 0 Å². The zero-order valence-corrected chi connectivity index (χ0v) is 12.5. The SMILES string of the molecule is CC1(c2ccccc2)CN(C2CCCOC2)CCCN1. The summed E-state index contributed by atoms with van der Waals surface area (Å²) in [6, 6.07) is 11.5. The van der Waals surface area contributed by atoms with Crippen molar-refractivity contribution in [3.63, 3.8) is 0 Å². The molecule has 1 aromatic rings. The predicted octanol–water partition coefficient (Wildman–Crippen LogP) is 2.38. The Bertz CT molecular complexity index is 416. The highest BCUT2D eigenvalue weighted by molar-refractivity contribution is 5.24. The number of ether oxygens (including phenoxy) is 1. The van der Waals surface area contributed by atoms with Gasteiger partial charge in [-0.3, -0.25) is 4.90 Å². The van der Waals surface area contributed by atoms with Crippen molar-refractivity contribution in [2.45, 2.75) is 37.8 Å². The smallest absolute Gasteiger partial charge is 0.0621 e. The van der Waals surface area contributed by atoms with Crippen LogP contribution in [0, 0.1) is 0 Å². The first kappa shape index (κ1) is 14.1. The minimum atomic E-state index is 0.0508. The Kier molecular flexibility index (Phi) is 4.39. The molecule has 0 bridgehead atoms. The van der Waals surface area contributed by atoms with Gasteiger partial charge in [0, 0.05) is 19.2 Å². The average Bonchev–Trinajstić information content (AvgIpc) is 2.72. The first-order valence-electron chi connectivity index (χ1n) is 7.90. The van der Waals surface area contributed by atoms with E-state index in [-0.39, 0.29) is 5.54 Å². The molecular weight excluding hydrogens is 248 g/mol. The Labute approximate surface area is 122 Å². The first-order valence-corrected chi connectivity index (χ1v) is 7.90. The average molecular weight is 274 g/mol. The lowest BCUT2D eigenvalue weighted by molar-refractivity contribution is 0.0120. The number of hydrogen-bond donors (Lipinski definition) is 1.